The molecule has 0 spiro atoms. The summed E-state index contributed by atoms with van der Waals surface area (Å²) in [4.78, 5) is 19.6. The maximum Gasteiger partial charge on any atom is 0.319 e. The van der Waals surface area contributed by atoms with E-state index in [1.807, 2.05) is 0 Å². The van der Waals surface area contributed by atoms with Crippen molar-refractivity contribution in [3.8, 4) is 0 Å². The lowest BCUT2D eigenvalue weighted by atomic mass is 10.1. The SMILES string of the molecule is Cc1c(C(=O)NCc2nccn2C(F)F)cc(Cl)nc1Cl. The van der Waals surface area contributed by atoms with E-state index in [0.717, 1.165) is 6.20 Å². The maximum absolute atomic E-state index is 12.6. The molecule has 0 aliphatic heterocycles. The van der Waals surface area contributed by atoms with Crippen molar-refractivity contribution in [2.24, 2.45) is 0 Å². The molecule has 2 heterocycles. The van der Waals surface area contributed by atoms with Crippen molar-refractivity contribution in [1.29, 1.82) is 0 Å². The number of pyridine rings is 1. The Bertz CT molecular complexity index is 675. The molecule has 2 rings (SSSR count). The maximum atomic E-state index is 12.6. The normalized spacial score (nSPS) is 11.0. The number of aromatic nitrogens is 3. The second-order valence-electron chi connectivity index (χ2n) is 4.12. The summed E-state index contributed by atoms with van der Waals surface area (Å²) in [5.74, 6) is -0.454. The van der Waals surface area contributed by atoms with Crippen molar-refractivity contribution >= 4 is 29.1 Å². The smallest absolute Gasteiger partial charge is 0.319 e. The molecule has 1 N–H and O–H groups in total. The van der Waals surface area contributed by atoms with E-state index in [2.05, 4.69) is 15.3 Å². The second-order valence-corrected chi connectivity index (χ2v) is 4.86. The van der Waals surface area contributed by atoms with Crippen LogP contribution >= 0.6 is 23.2 Å². The first kappa shape index (κ1) is 15.7. The number of hydrogen-bond acceptors (Lipinski definition) is 3. The Morgan fingerprint density at radius 2 is 2.19 bits per heavy atom. The number of carbonyl (C=O) groups is 1. The van der Waals surface area contributed by atoms with Gasteiger partial charge in [-0.3, -0.25) is 9.36 Å². The van der Waals surface area contributed by atoms with Crippen molar-refractivity contribution in [3.63, 3.8) is 0 Å². The van der Waals surface area contributed by atoms with E-state index in [9.17, 15) is 13.6 Å². The minimum Gasteiger partial charge on any atom is -0.345 e. The van der Waals surface area contributed by atoms with Gasteiger partial charge in [0.2, 0.25) is 0 Å². The molecule has 1 amide bonds. The van der Waals surface area contributed by atoms with E-state index in [-0.39, 0.29) is 28.2 Å². The number of halogens is 4. The lowest BCUT2D eigenvalue weighted by Gasteiger charge is -2.10. The standard InChI is InChI=1S/C12H10Cl2F2N4O/c1-6-7(4-8(13)19-10(6)14)11(21)18-5-9-17-2-3-20(9)12(15)16/h2-4,12H,5H2,1H3,(H,18,21). The molecule has 0 radical (unpaired) electrons. The van der Waals surface area contributed by atoms with Crippen LogP contribution in [0.25, 0.3) is 0 Å². The van der Waals surface area contributed by atoms with Gasteiger partial charge in [0.25, 0.3) is 5.91 Å². The predicted octanol–water partition coefficient (Wildman–Crippen LogP) is 3.22. The summed E-state index contributed by atoms with van der Waals surface area (Å²) in [5, 5.41) is 2.68. The van der Waals surface area contributed by atoms with Gasteiger partial charge in [-0.25, -0.2) is 9.97 Å². The van der Waals surface area contributed by atoms with E-state index >= 15 is 0 Å². The van der Waals surface area contributed by atoms with Crippen molar-refractivity contribution in [3.05, 3.63) is 45.7 Å². The summed E-state index contributed by atoms with van der Waals surface area (Å²) < 4.78 is 26.0. The van der Waals surface area contributed by atoms with Crippen LogP contribution in [0, 0.1) is 6.92 Å². The highest BCUT2D eigenvalue weighted by Crippen LogP contribution is 2.21. The summed E-state index contributed by atoms with van der Waals surface area (Å²) in [6, 6.07) is 1.36. The van der Waals surface area contributed by atoms with Crippen molar-refractivity contribution in [1.82, 2.24) is 19.9 Å². The molecule has 21 heavy (non-hydrogen) atoms. The molecule has 0 aliphatic rings. The van der Waals surface area contributed by atoms with Crippen LogP contribution in [0.3, 0.4) is 0 Å². The third-order valence-corrected chi connectivity index (χ3v) is 3.35. The molecular weight excluding hydrogens is 325 g/mol. The Morgan fingerprint density at radius 3 is 2.86 bits per heavy atom. The number of carbonyl (C=O) groups excluding carboxylic acids is 1. The average molecular weight is 335 g/mol. The number of amides is 1. The molecule has 0 aromatic carbocycles. The van der Waals surface area contributed by atoms with Crippen LogP contribution in [0.2, 0.25) is 10.3 Å². The van der Waals surface area contributed by atoms with Crippen LogP contribution in [-0.4, -0.2) is 20.4 Å². The van der Waals surface area contributed by atoms with Gasteiger partial charge in [0, 0.05) is 18.0 Å². The summed E-state index contributed by atoms with van der Waals surface area (Å²) in [5.41, 5.74) is 0.686. The molecule has 0 aliphatic carbocycles. The van der Waals surface area contributed by atoms with Gasteiger partial charge >= 0.3 is 6.55 Å². The fourth-order valence-corrected chi connectivity index (χ4v) is 2.13. The van der Waals surface area contributed by atoms with Gasteiger partial charge in [0.05, 0.1) is 6.54 Å². The fraction of sp³-hybridized carbons (Fsp3) is 0.250. The van der Waals surface area contributed by atoms with Gasteiger partial charge in [-0.1, -0.05) is 23.2 Å². The Balaban J connectivity index is 2.14. The van der Waals surface area contributed by atoms with Gasteiger partial charge in [0.15, 0.2) is 0 Å². The van der Waals surface area contributed by atoms with E-state index in [1.54, 1.807) is 6.92 Å². The highest BCUT2D eigenvalue weighted by Gasteiger charge is 2.16. The van der Waals surface area contributed by atoms with E-state index in [1.165, 1.54) is 12.3 Å². The molecule has 2 aromatic heterocycles. The summed E-state index contributed by atoms with van der Waals surface area (Å²) in [7, 11) is 0. The highest BCUT2D eigenvalue weighted by molar-refractivity contribution is 6.33. The van der Waals surface area contributed by atoms with Crippen molar-refractivity contribution in [2.45, 2.75) is 20.0 Å². The predicted molar refractivity (Wildman–Crippen MR) is 73.6 cm³/mol. The molecule has 0 unspecified atom stereocenters. The average Bonchev–Trinajstić information content (AvgIpc) is 2.88. The molecule has 0 bridgehead atoms. The summed E-state index contributed by atoms with van der Waals surface area (Å²) in [6.45, 7) is -1.25. The van der Waals surface area contributed by atoms with Crippen LogP contribution in [0.5, 0.6) is 0 Å². The lowest BCUT2D eigenvalue weighted by Crippen LogP contribution is -2.25. The number of alkyl halides is 2. The minimum atomic E-state index is -2.72. The topological polar surface area (TPSA) is 59.8 Å². The number of rotatable bonds is 4. The molecule has 0 saturated heterocycles. The minimum absolute atomic E-state index is 0.0438. The molecule has 5 nitrogen and oxygen atoms in total. The molecule has 0 fully saturated rings. The number of nitrogens with zero attached hydrogens (tertiary/aromatic N) is 3. The Hall–Kier alpha value is -1.73. The van der Waals surface area contributed by atoms with Crippen LogP contribution in [0.1, 0.15) is 28.3 Å². The van der Waals surface area contributed by atoms with E-state index in [0.29, 0.717) is 10.1 Å². The molecule has 9 heteroatoms. The first-order valence-corrected chi connectivity index (χ1v) is 6.56. The van der Waals surface area contributed by atoms with Crippen LogP contribution in [0.15, 0.2) is 18.5 Å². The zero-order valence-corrected chi connectivity index (χ0v) is 12.3. The largest absolute Gasteiger partial charge is 0.345 e. The van der Waals surface area contributed by atoms with Gasteiger partial charge < -0.3 is 5.32 Å². The molecule has 0 saturated carbocycles. The summed E-state index contributed by atoms with van der Waals surface area (Å²) >= 11 is 11.6. The third-order valence-electron chi connectivity index (χ3n) is 2.79. The first-order valence-electron chi connectivity index (χ1n) is 5.81. The molecular formula is C12H10Cl2F2N4O. The van der Waals surface area contributed by atoms with Gasteiger partial charge in [0.1, 0.15) is 16.1 Å². The fourth-order valence-electron chi connectivity index (χ4n) is 1.70. The van der Waals surface area contributed by atoms with Gasteiger partial charge in [-0.15, -0.1) is 0 Å². The van der Waals surface area contributed by atoms with E-state index < -0.39 is 12.5 Å². The van der Waals surface area contributed by atoms with Gasteiger partial charge in [-0.2, -0.15) is 8.78 Å². The first-order chi connectivity index (χ1) is 9.90. The third kappa shape index (κ3) is 3.48. The summed E-state index contributed by atoms with van der Waals surface area (Å²) in [6.07, 6.45) is 2.37. The Morgan fingerprint density at radius 1 is 1.48 bits per heavy atom. The molecule has 112 valence electrons. The van der Waals surface area contributed by atoms with Crippen LogP contribution in [0.4, 0.5) is 8.78 Å². The quantitative estimate of drug-likeness (QED) is 0.873. The molecule has 0 atom stereocenters. The highest BCUT2D eigenvalue weighted by atomic mass is 35.5. The van der Waals surface area contributed by atoms with Crippen LogP contribution < -0.4 is 5.32 Å². The van der Waals surface area contributed by atoms with Crippen molar-refractivity contribution < 1.29 is 13.6 Å². The van der Waals surface area contributed by atoms with Crippen molar-refractivity contribution in [2.75, 3.05) is 0 Å². The second kappa shape index (κ2) is 6.36. The Kier molecular flexibility index (Phi) is 4.74. The number of hydrogen-bond donors (Lipinski definition) is 1. The monoisotopic (exact) mass is 334 g/mol. The lowest BCUT2D eigenvalue weighted by molar-refractivity contribution is 0.0660. The van der Waals surface area contributed by atoms with E-state index in [4.69, 9.17) is 23.2 Å². The van der Waals surface area contributed by atoms with Gasteiger partial charge in [-0.05, 0) is 18.6 Å². The zero-order valence-electron chi connectivity index (χ0n) is 10.8. The number of imidazole rings is 1. The Labute approximate surface area is 128 Å². The number of nitrogens with one attached hydrogen (secondary N) is 1. The zero-order chi connectivity index (χ0) is 15.6. The van der Waals surface area contributed by atoms with Crippen LogP contribution in [-0.2, 0) is 6.54 Å². The molecule has 2 aromatic rings.